The van der Waals surface area contributed by atoms with Gasteiger partial charge in [-0.3, -0.25) is 0 Å². The number of nitrogens with zero attached hydrogens (tertiary/aromatic N) is 2. The fourth-order valence-electron chi connectivity index (χ4n) is 4.04. The minimum absolute atomic E-state index is 0.725. The van der Waals surface area contributed by atoms with Crippen molar-refractivity contribution >= 4 is 0 Å². The minimum atomic E-state index is 0.725. The Morgan fingerprint density at radius 2 is 1.61 bits per heavy atom. The second-order valence-electron chi connectivity index (χ2n) is 6.82. The van der Waals surface area contributed by atoms with Gasteiger partial charge in [0.1, 0.15) is 0 Å². The first-order valence-corrected chi connectivity index (χ1v) is 7.95. The summed E-state index contributed by atoms with van der Waals surface area (Å²) in [5.41, 5.74) is 0. The summed E-state index contributed by atoms with van der Waals surface area (Å²) in [6.45, 7) is 11.2. The molecule has 2 bridgehead atoms. The molecule has 1 atom stereocenters. The third-order valence-electron chi connectivity index (χ3n) is 5.37. The van der Waals surface area contributed by atoms with E-state index in [1.165, 1.54) is 58.4 Å². The molecule has 4 saturated heterocycles. The second-order valence-corrected chi connectivity index (χ2v) is 6.82. The highest BCUT2D eigenvalue weighted by atomic mass is 15.2. The van der Waals surface area contributed by atoms with E-state index in [1.54, 1.807) is 0 Å². The van der Waals surface area contributed by atoms with Crippen molar-refractivity contribution in [3.63, 3.8) is 0 Å². The van der Waals surface area contributed by atoms with Crippen LogP contribution in [0.2, 0.25) is 0 Å². The maximum Gasteiger partial charge on any atom is 0.0226 e. The number of fused-ring (bicyclic) bond motifs is 3. The van der Waals surface area contributed by atoms with Crippen LogP contribution in [0.3, 0.4) is 0 Å². The fourth-order valence-corrected chi connectivity index (χ4v) is 4.04. The molecule has 18 heavy (non-hydrogen) atoms. The Hall–Kier alpha value is -0.120. The Kier molecular flexibility index (Phi) is 3.92. The largest absolute Gasteiger partial charge is 0.310 e. The third kappa shape index (κ3) is 2.73. The van der Waals surface area contributed by atoms with Crippen LogP contribution in [0.15, 0.2) is 0 Å². The summed E-state index contributed by atoms with van der Waals surface area (Å²) in [7, 11) is 0. The number of hydrogen-bond acceptors (Lipinski definition) is 3. The molecule has 1 unspecified atom stereocenters. The van der Waals surface area contributed by atoms with E-state index in [0.29, 0.717) is 0 Å². The SMILES string of the molecule is CC(C)N1CCC(NC2CN3CCC2CC3)CC1. The molecular formula is C15H29N3. The quantitative estimate of drug-likeness (QED) is 0.821. The van der Waals surface area contributed by atoms with Gasteiger partial charge in [0, 0.05) is 24.7 Å². The molecule has 104 valence electrons. The van der Waals surface area contributed by atoms with Crippen molar-refractivity contribution in [3.8, 4) is 0 Å². The molecule has 0 aromatic rings. The zero-order valence-electron chi connectivity index (χ0n) is 12.1. The van der Waals surface area contributed by atoms with Gasteiger partial charge in [0.25, 0.3) is 0 Å². The first-order valence-electron chi connectivity index (χ1n) is 7.95. The van der Waals surface area contributed by atoms with E-state index in [4.69, 9.17) is 0 Å². The van der Waals surface area contributed by atoms with Crippen molar-refractivity contribution in [2.45, 2.75) is 57.7 Å². The van der Waals surface area contributed by atoms with Crippen LogP contribution >= 0.6 is 0 Å². The van der Waals surface area contributed by atoms with Crippen LogP contribution < -0.4 is 5.32 Å². The molecule has 3 nitrogen and oxygen atoms in total. The Labute approximate surface area is 112 Å². The van der Waals surface area contributed by atoms with Crippen molar-refractivity contribution in [3.05, 3.63) is 0 Å². The van der Waals surface area contributed by atoms with E-state index in [0.717, 1.165) is 24.0 Å². The lowest BCUT2D eigenvalue weighted by molar-refractivity contribution is 0.0582. The van der Waals surface area contributed by atoms with Crippen LogP contribution in [0.5, 0.6) is 0 Å². The molecule has 4 aliphatic rings. The topological polar surface area (TPSA) is 18.5 Å². The maximum absolute atomic E-state index is 3.98. The summed E-state index contributed by atoms with van der Waals surface area (Å²) < 4.78 is 0. The van der Waals surface area contributed by atoms with Gasteiger partial charge >= 0.3 is 0 Å². The maximum atomic E-state index is 3.98. The monoisotopic (exact) mass is 251 g/mol. The molecule has 0 aromatic heterocycles. The Bertz CT molecular complexity index is 263. The molecule has 4 heterocycles. The molecule has 1 N–H and O–H groups in total. The van der Waals surface area contributed by atoms with Crippen molar-refractivity contribution in [1.29, 1.82) is 0 Å². The Morgan fingerprint density at radius 1 is 0.944 bits per heavy atom. The number of nitrogens with one attached hydrogen (secondary N) is 1. The van der Waals surface area contributed by atoms with Crippen molar-refractivity contribution in [2.24, 2.45) is 5.92 Å². The minimum Gasteiger partial charge on any atom is -0.310 e. The molecular weight excluding hydrogens is 222 g/mol. The molecule has 4 rings (SSSR count). The van der Waals surface area contributed by atoms with Gasteiger partial charge in [-0.25, -0.2) is 0 Å². The number of hydrogen-bond donors (Lipinski definition) is 1. The van der Waals surface area contributed by atoms with Gasteiger partial charge in [0.15, 0.2) is 0 Å². The number of rotatable bonds is 3. The molecule has 4 aliphatic heterocycles. The van der Waals surface area contributed by atoms with Crippen molar-refractivity contribution in [2.75, 3.05) is 32.7 Å². The molecule has 0 spiro atoms. The highest BCUT2D eigenvalue weighted by Crippen LogP contribution is 2.28. The zero-order chi connectivity index (χ0) is 12.5. The van der Waals surface area contributed by atoms with Crippen LogP contribution in [-0.2, 0) is 0 Å². The summed E-state index contributed by atoms with van der Waals surface area (Å²) >= 11 is 0. The lowest BCUT2D eigenvalue weighted by atomic mass is 9.83. The van der Waals surface area contributed by atoms with E-state index in [2.05, 4.69) is 29.0 Å². The van der Waals surface area contributed by atoms with Gasteiger partial charge in [-0.1, -0.05) is 0 Å². The first-order chi connectivity index (χ1) is 8.72. The number of piperidine rings is 4. The normalized spacial score (nSPS) is 38.5. The molecule has 0 aromatic carbocycles. The Morgan fingerprint density at radius 3 is 2.11 bits per heavy atom. The van der Waals surface area contributed by atoms with Gasteiger partial charge < -0.3 is 15.1 Å². The summed E-state index contributed by atoms with van der Waals surface area (Å²) in [6.07, 6.45) is 5.56. The average Bonchev–Trinajstić information content (AvgIpc) is 2.41. The first kappa shape index (κ1) is 12.9. The standard InChI is InChI=1S/C15H29N3/c1-12(2)18-9-5-14(6-10-18)16-15-11-17-7-3-13(15)4-8-17/h12-16H,3-11H2,1-2H3. The molecule has 4 fully saturated rings. The third-order valence-corrected chi connectivity index (χ3v) is 5.37. The van der Waals surface area contributed by atoms with E-state index < -0.39 is 0 Å². The van der Waals surface area contributed by atoms with Gasteiger partial charge in [0.05, 0.1) is 0 Å². The summed E-state index contributed by atoms with van der Waals surface area (Å²) in [5.74, 6) is 0.970. The van der Waals surface area contributed by atoms with E-state index in [-0.39, 0.29) is 0 Å². The highest BCUT2D eigenvalue weighted by Gasteiger charge is 2.35. The van der Waals surface area contributed by atoms with Crippen LogP contribution in [0.1, 0.15) is 39.5 Å². The van der Waals surface area contributed by atoms with Crippen LogP contribution in [-0.4, -0.2) is 60.6 Å². The fraction of sp³-hybridized carbons (Fsp3) is 1.00. The van der Waals surface area contributed by atoms with Gasteiger partial charge in [-0.15, -0.1) is 0 Å². The number of likely N-dealkylation sites (tertiary alicyclic amines) is 1. The van der Waals surface area contributed by atoms with Crippen LogP contribution in [0.25, 0.3) is 0 Å². The Balaban J connectivity index is 1.47. The zero-order valence-corrected chi connectivity index (χ0v) is 12.1. The van der Waals surface area contributed by atoms with Crippen molar-refractivity contribution < 1.29 is 0 Å². The van der Waals surface area contributed by atoms with Gasteiger partial charge in [-0.2, -0.15) is 0 Å². The van der Waals surface area contributed by atoms with Crippen LogP contribution in [0.4, 0.5) is 0 Å². The van der Waals surface area contributed by atoms with Gasteiger partial charge in [0.2, 0.25) is 0 Å². The highest BCUT2D eigenvalue weighted by molar-refractivity contribution is 4.93. The molecule has 3 heteroatoms. The predicted molar refractivity (Wildman–Crippen MR) is 75.8 cm³/mol. The summed E-state index contributed by atoms with van der Waals surface area (Å²) in [4.78, 5) is 5.27. The molecule has 0 amide bonds. The summed E-state index contributed by atoms with van der Waals surface area (Å²) in [5, 5.41) is 3.98. The van der Waals surface area contributed by atoms with E-state index in [1.807, 2.05) is 0 Å². The average molecular weight is 251 g/mol. The van der Waals surface area contributed by atoms with Crippen molar-refractivity contribution in [1.82, 2.24) is 15.1 Å². The lowest BCUT2D eigenvalue weighted by Gasteiger charge is -2.47. The van der Waals surface area contributed by atoms with Crippen LogP contribution in [0, 0.1) is 5.92 Å². The smallest absolute Gasteiger partial charge is 0.0226 e. The predicted octanol–water partition coefficient (Wildman–Crippen LogP) is 1.54. The molecule has 0 saturated carbocycles. The second kappa shape index (κ2) is 5.48. The van der Waals surface area contributed by atoms with E-state index >= 15 is 0 Å². The lowest BCUT2D eigenvalue weighted by Crippen LogP contribution is -2.59. The molecule has 0 aliphatic carbocycles. The van der Waals surface area contributed by atoms with E-state index in [9.17, 15) is 0 Å². The molecule has 0 radical (unpaired) electrons. The van der Waals surface area contributed by atoms with Gasteiger partial charge in [-0.05, 0) is 71.6 Å². The summed E-state index contributed by atoms with van der Waals surface area (Å²) in [6, 6.07) is 2.30.